The van der Waals surface area contributed by atoms with Crippen molar-refractivity contribution in [3.8, 4) is 0 Å². The molecule has 32 heteroatoms. The minimum absolute atomic E-state index is 0. The van der Waals surface area contributed by atoms with E-state index in [2.05, 4.69) is 0 Å². The van der Waals surface area contributed by atoms with Crippen molar-refractivity contribution in [2.24, 2.45) is 34.5 Å². The van der Waals surface area contributed by atoms with Crippen molar-refractivity contribution in [2.45, 2.75) is 191 Å². The SMILES string of the molecule is CC(=O)O[C@@H]1[C@H](C)C[C@@](C)(C(=O)O)C[C@H]1OC(C)=O.COC(=O)c1cc(N)cc(C(ON)[C@]2(C)C[C@@H](C)[C@@H](OC(C)=O)[C@H](OC(C)=O)C2)c1.NOC(c1cc(N)cc(C(=O)O)c1)C1(O)C[C@@H](O)C(O)[C@H](O)C1.O=C(O)C1(O)C[C@@H](O)C(O)[C@H](O)C1.[Na+].[OH-]. The van der Waals surface area contributed by atoms with Crippen LogP contribution in [0.3, 0.4) is 0 Å². The summed E-state index contributed by atoms with van der Waals surface area (Å²) >= 11 is 0. The van der Waals surface area contributed by atoms with Crippen molar-refractivity contribution in [3.05, 3.63) is 58.7 Å². The average molecular weight is 1260 g/mol. The summed E-state index contributed by atoms with van der Waals surface area (Å²) in [5, 5.41) is 103. The van der Waals surface area contributed by atoms with Crippen molar-refractivity contribution in [2.75, 3.05) is 18.6 Å². The zero-order valence-corrected chi connectivity index (χ0v) is 52.0. The van der Waals surface area contributed by atoms with E-state index in [1.54, 1.807) is 26.0 Å². The maximum atomic E-state index is 12.0. The van der Waals surface area contributed by atoms with Gasteiger partial charge in [0.1, 0.15) is 54.4 Å². The van der Waals surface area contributed by atoms with Gasteiger partial charge in [-0.15, -0.1) is 0 Å². The van der Waals surface area contributed by atoms with E-state index < -0.39 is 156 Å². The van der Waals surface area contributed by atoms with E-state index >= 15 is 0 Å². The molecule has 87 heavy (non-hydrogen) atoms. The second kappa shape index (κ2) is 33.2. The molecule has 486 valence electrons. The van der Waals surface area contributed by atoms with Gasteiger partial charge >= 0.3 is 77.3 Å². The number of carbonyl (C=O) groups excluding carboxylic acids is 5. The number of esters is 5. The van der Waals surface area contributed by atoms with Crippen LogP contribution in [0.4, 0.5) is 11.4 Å². The number of carboxylic acid groups (broad SMARTS) is 3. The van der Waals surface area contributed by atoms with Crippen LogP contribution in [0.2, 0.25) is 0 Å². The smallest absolute Gasteiger partial charge is 0.870 e. The maximum Gasteiger partial charge on any atom is 1.00 e. The zero-order valence-electron chi connectivity index (χ0n) is 50.0. The molecule has 0 aliphatic heterocycles. The predicted molar refractivity (Wildman–Crippen MR) is 293 cm³/mol. The van der Waals surface area contributed by atoms with Crippen LogP contribution >= 0.6 is 0 Å². The van der Waals surface area contributed by atoms with Crippen molar-refractivity contribution in [3.63, 3.8) is 0 Å². The number of hydrogen-bond acceptors (Lipinski definition) is 28. The number of methoxy groups -OCH3 is 1. The third kappa shape index (κ3) is 21.2. The minimum Gasteiger partial charge on any atom is -0.870 e. The molecule has 0 bridgehead atoms. The van der Waals surface area contributed by atoms with E-state index in [0.29, 0.717) is 30.5 Å². The maximum absolute atomic E-state index is 12.0. The Hall–Kier alpha value is -5.72. The van der Waals surface area contributed by atoms with E-state index in [4.69, 9.17) is 82.2 Å². The van der Waals surface area contributed by atoms with Crippen molar-refractivity contribution in [1.82, 2.24) is 0 Å². The van der Waals surface area contributed by atoms with Gasteiger partial charge in [0.2, 0.25) is 0 Å². The largest absolute Gasteiger partial charge is 1.00 e. The Morgan fingerprint density at radius 3 is 1.29 bits per heavy atom. The summed E-state index contributed by atoms with van der Waals surface area (Å²) in [7, 11) is 1.28. The van der Waals surface area contributed by atoms with Gasteiger partial charge in [0, 0.05) is 76.6 Å². The molecule has 14 atom stereocenters. The van der Waals surface area contributed by atoms with Crippen LogP contribution in [0.5, 0.6) is 0 Å². The quantitative estimate of drug-likeness (QED) is 0.0289. The summed E-state index contributed by atoms with van der Waals surface area (Å²) in [6, 6.07) is 8.65. The van der Waals surface area contributed by atoms with E-state index in [0.717, 1.165) is 0 Å². The molecule has 0 radical (unpaired) electrons. The van der Waals surface area contributed by atoms with Gasteiger partial charge in [0.25, 0.3) is 0 Å². The molecular formula is C55H83N4NaO27. The zero-order chi connectivity index (χ0) is 65.0. The second-order valence-electron chi connectivity index (χ2n) is 22.8. The number of benzene rings is 2. The Kier molecular flexibility index (Phi) is 30.3. The third-order valence-electron chi connectivity index (χ3n) is 15.3. The summed E-state index contributed by atoms with van der Waals surface area (Å²) < 4.78 is 26.0. The topological polar surface area (TPSA) is 558 Å². The molecule has 6 rings (SSSR count). The first-order valence-corrected chi connectivity index (χ1v) is 26.7. The number of ether oxygens (including phenoxy) is 5. The molecule has 0 heterocycles. The molecule has 2 unspecified atom stereocenters. The van der Waals surface area contributed by atoms with Gasteiger partial charge in [-0.2, -0.15) is 0 Å². The van der Waals surface area contributed by atoms with E-state index in [-0.39, 0.29) is 88.5 Å². The molecule has 0 aromatic heterocycles. The predicted octanol–water partition coefficient (Wildman–Crippen LogP) is -3.33. The summed E-state index contributed by atoms with van der Waals surface area (Å²) in [6.45, 7) is 12.4. The van der Waals surface area contributed by atoms with Gasteiger partial charge in [0.05, 0.1) is 48.1 Å². The fourth-order valence-electron chi connectivity index (χ4n) is 11.7. The van der Waals surface area contributed by atoms with Gasteiger partial charge in [-0.05, 0) is 85.5 Å². The summed E-state index contributed by atoms with van der Waals surface area (Å²) in [5.74, 6) is 4.51. The Morgan fingerprint density at radius 2 is 0.908 bits per heavy atom. The molecule has 4 aliphatic carbocycles. The number of anilines is 2. The molecule has 0 amide bonds. The van der Waals surface area contributed by atoms with Gasteiger partial charge < -0.3 is 96.8 Å². The van der Waals surface area contributed by atoms with E-state index in [9.17, 15) is 69.0 Å². The number of aliphatic hydroxyl groups excluding tert-OH is 6. The number of carboxylic acids is 3. The van der Waals surface area contributed by atoms with Crippen LogP contribution < -0.4 is 52.8 Å². The van der Waals surface area contributed by atoms with E-state index in [1.165, 1.54) is 59.1 Å². The number of nitrogen functional groups attached to an aromatic ring is 2. The van der Waals surface area contributed by atoms with Gasteiger partial charge in [-0.25, -0.2) is 26.2 Å². The summed E-state index contributed by atoms with van der Waals surface area (Å²) in [6.07, 6.45) is -13.0. The van der Waals surface area contributed by atoms with Crippen molar-refractivity contribution in [1.29, 1.82) is 0 Å². The molecule has 20 N–H and O–H groups in total. The first kappa shape index (κ1) is 79.3. The molecule has 0 spiro atoms. The first-order chi connectivity index (χ1) is 39.2. The fourth-order valence-corrected chi connectivity index (χ4v) is 11.7. The van der Waals surface area contributed by atoms with Crippen LogP contribution in [0.1, 0.15) is 151 Å². The third-order valence-corrected chi connectivity index (χ3v) is 15.3. The number of nitrogens with two attached hydrogens (primary N) is 4. The number of aliphatic carboxylic acids is 2. The number of rotatable bonds is 14. The van der Waals surface area contributed by atoms with Gasteiger partial charge in [0.15, 0.2) is 5.60 Å². The van der Waals surface area contributed by atoms with Gasteiger partial charge in [-0.1, -0.05) is 20.8 Å². The fraction of sp³-hybridized carbons (Fsp3) is 0.636. The summed E-state index contributed by atoms with van der Waals surface area (Å²) in [4.78, 5) is 101. The minimum atomic E-state index is -2.14. The normalized spacial score (nSPS) is 32.3. The van der Waals surface area contributed by atoms with Crippen LogP contribution in [-0.2, 0) is 62.1 Å². The molecule has 4 fully saturated rings. The molecular weight excluding hydrogens is 1170 g/mol. The molecule has 2 aromatic rings. The number of hydrogen-bond donors (Lipinski definition) is 15. The standard InChI is InChI=1S/C21H30N2O7.C14H20N2O7.C13H20O6.C7H12O6.Na.H2O/c1-11-9-21(4,10-17(28-12(2)24)18(11)29-13(3)25)19(30-23)14-6-15(20(26)27-5)8-16(22)7-14;15-8-2-6(1-7(3-8)13(20)21)12(23-16)14(22)4-9(17)11(19)10(18)5-14;1-7-5-13(4,12(16)17)6-10(18-8(2)14)11(7)19-9(3)15;8-3-1-7(13,6(11)12)2-4(9)5(3)10;;/h6-8,11,17-19H,9-10,22-23H2,1-5H3;1-3,9-12,17-19,22H,4-5,15-16H2,(H,20,21);7,10-11H,5-6H2,1-4H3,(H,16,17);3-5,8-10,13H,1-2H2,(H,11,12);;1H2/q;;;;+1;/p-1/t11-,17-,18-,19?,21-;9-,10-,11?,12?,14?;7-,10-,11-,13-;3-,4-,5?,7?;;/m1111../s1. The van der Waals surface area contributed by atoms with Crippen molar-refractivity contribution >= 4 is 59.1 Å². The van der Waals surface area contributed by atoms with Crippen LogP contribution in [0.25, 0.3) is 0 Å². The number of carbonyl (C=O) groups is 8. The van der Waals surface area contributed by atoms with Crippen LogP contribution in [-0.4, -0.2) is 189 Å². The second-order valence-corrected chi connectivity index (χ2v) is 22.8. The average Bonchev–Trinajstić information content (AvgIpc) is 0.894. The van der Waals surface area contributed by atoms with Gasteiger partial charge in [-0.3, -0.25) is 33.6 Å². The molecule has 31 nitrogen and oxygen atoms in total. The Bertz CT molecular complexity index is 2680. The molecule has 4 aliphatic rings. The molecule has 2 aromatic carbocycles. The van der Waals surface area contributed by atoms with E-state index in [1.807, 2.05) is 13.8 Å². The number of aromatic carboxylic acids is 1. The Labute approximate surface area is 522 Å². The van der Waals surface area contributed by atoms with Crippen LogP contribution in [0, 0.1) is 22.7 Å². The monoisotopic (exact) mass is 1250 g/mol. The number of aliphatic hydroxyl groups is 8. The Morgan fingerprint density at radius 1 is 0.529 bits per heavy atom. The summed E-state index contributed by atoms with van der Waals surface area (Å²) in [5.41, 5.74) is 7.53. The first-order valence-electron chi connectivity index (χ1n) is 26.7. The van der Waals surface area contributed by atoms with Crippen molar-refractivity contribution < 1.29 is 163 Å². The molecule has 0 saturated heterocycles. The molecule has 4 saturated carbocycles. The Balaban J connectivity index is 0.000000598. The van der Waals surface area contributed by atoms with Crippen LogP contribution in [0.15, 0.2) is 36.4 Å².